The van der Waals surface area contributed by atoms with E-state index in [9.17, 15) is 0 Å². The quantitative estimate of drug-likeness (QED) is 0.176. The van der Waals surface area contributed by atoms with Crippen LogP contribution in [-0.2, 0) is 5.41 Å². The molecule has 0 saturated heterocycles. The largest absolute Gasteiger partial charge is 0.309 e. The van der Waals surface area contributed by atoms with Crippen LogP contribution in [-0.4, -0.2) is 14.5 Å². The fourth-order valence-electron chi connectivity index (χ4n) is 9.71. The molecule has 3 aliphatic rings. The van der Waals surface area contributed by atoms with E-state index in [0.717, 1.165) is 28.2 Å². The van der Waals surface area contributed by atoms with Crippen molar-refractivity contribution < 1.29 is 0 Å². The molecule has 0 fully saturated rings. The zero-order valence-electron chi connectivity index (χ0n) is 29.3. The SMILES string of the molecule is CC1(C)c2cc(-n3c4ccccc4c4ccccc43)ccc2C2C=CC(C3C=CC(c4ccc5c6ccccc6c6nccnc6c5c4)=CC3)=CC21. The summed E-state index contributed by atoms with van der Waals surface area (Å²) in [4.78, 5) is 9.54. The summed E-state index contributed by atoms with van der Waals surface area (Å²) in [5.41, 5.74) is 12.6. The molecule has 3 atom stereocenters. The minimum atomic E-state index is 0.00505. The van der Waals surface area contributed by atoms with Crippen molar-refractivity contribution in [2.75, 3.05) is 0 Å². The summed E-state index contributed by atoms with van der Waals surface area (Å²) in [5, 5.41) is 7.36. The highest BCUT2D eigenvalue weighted by Crippen LogP contribution is 2.55. The molecule has 52 heavy (non-hydrogen) atoms. The van der Waals surface area contributed by atoms with Gasteiger partial charge in [0, 0.05) is 51.5 Å². The van der Waals surface area contributed by atoms with Gasteiger partial charge in [-0.1, -0.05) is 129 Å². The summed E-state index contributed by atoms with van der Waals surface area (Å²) in [6.07, 6.45) is 19.3. The van der Waals surface area contributed by atoms with Crippen LogP contribution < -0.4 is 0 Å². The van der Waals surface area contributed by atoms with E-state index >= 15 is 0 Å². The van der Waals surface area contributed by atoms with Crippen LogP contribution in [0.25, 0.3) is 65.6 Å². The summed E-state index contributed by atoms with van der Waals surface area (Å²) >= 11 is 0. The smallest absolute Gasteiger partial charge is 0.0971 e. The summed E-state index contributed by atoms with van der Waals surface area (Å²) in [6, 6.07) is 40.2. The van der Waals surface area contributed by atoms with Crippen molar-refractivity contribution in [2.45, 2.75) is 31.6 Å². The molecular formula is C49H37N3. The zero-order chi connectivity index (χ0) is 34.6. The lowest BCUT2D eigenvalue weighted by atomic mass is 9.71. The Morgan fingerprint density at radius 1 is 0.635 bits per heavy atom. The molecule has 0 amide bonds. The number of aromatic nitrogens is 3. The molecule has 0 spiro atoms. The first-order valence-electron chi connectivity index (χ1n) is 18.5. The van der Waals surface area contributed by atoms with E-state index in [4.69, 9.17) is 9.97 Å². The lowest BCUT2D eigenvalue weighted by molar-refractivity contribution is 0.390. The molecule has 0 saturated carbocycles. The third-order valence-corrected chi connectivity index (χ3v) is 12.3. The van der Waals surface area contributed by atoms with Gasteiger partial charge in [0.1, 0.15) is 0 Å². The molecule has 6 aromatic carbocycles. The second kappa shape index (κ2) is 11.0. The molecule has 8 aromatic rings. The van der Waals surface area contributed by atoms with Gasteiger partial charge in [-0.2, -0.15) is 0 Å². The van der Waals surface area contributed by atoms with E-state index < -0.39 is 0 Å². The minimum Gasteiger partial charge on any atom is -0.309 e. The van der Waals surface area contributed by atoms with E-state index in [1.807, 2.05) is 0 Å². The maximum Gasteiger partial charge on any atom is 0.0971 e. The van der Waals surface area contributed by atoms with Gasteiger partial charge in [0.05, 0.1) is 22.1 Å². The lowest BCUT2D eigenvalue weighted by Crippen LogP contribution is -2.26. The van der Waals surface area contributed by atoms with E-state index in [2.05, 4.69) is 164 Å². The first-order chi connectivity index (χ1) is 25.5. The highest BCUT2D eigenvalue weighted by atomic mass is 15.0. The number of rotatable bonds is 3. The Bertz CT molecular complexity index is 2840. The van der Waals surface area contributed by atoms with Gasteiger partial charge in [-0.3, -0.25) is 9.97 Å². The normalized spacial score (nSPS) is 20.5. The van der Waals surface area contributed by atoms with Crippen molar-refractivity contribution in [1.82, 2.24) is 14.5 Å². The highest BCUT2D eigenvalue weighted by molar-refractivity contribution is 6.23. The van der Waals surface area contributed by atoms with E-state index in [-0.39, 0.29) is 5.41 Å². The molecule has 3 aliphatic carbocycles. The number of hydrogen-bond acceptors (Lipinski definition) is 2. The molecule has 0 radical (unpaired) electrons. The lowest BCUT2D eigenvalue weighted by Gasteiger charge is -2.32. The van der Waals surface area contributed by atoms with Crippen LogP contribution in [0.2, 0.25) is 0 Å². The second-order valence-electron chi connectivity index (χ2n) is 15.4. The first kappa shape index (κ1) is 29.6. The topological polar surface area (TPSA) is 30.7 Å². The highest BCUT2D eigenvalue weighted by Gasteiger charge is 2.45. The van der Waals surface area contributed by atoms with Gasteiger partial charge in [-0.15, -0.1) is 0 Å². The number of fused-ring (bicyclic) bond motifs is 12. The van der Waals surface area contributed by atoms with Crippen molar-refractivity contribution in [3.63, 3.8) is 0 Å². The molecule has 248 valence electrons. The van der Waals surface area contributed by atoms with Gasteiger partial charge < -0.3 is 4.57 Å². The number of benzene rings is 6. The molecule has 3 nitrogen and oxygen atoms in total. The van der Waals surface area contributed by atoms with Crippen molar-refractivity contribution >= 4 is 60.0 Å². The zero-order valence-corrected chi connectivity index (χ0v) is 29.3. The second-order valence-corrected chi connectivity index (χ2v) is 15.4. The van der Waals surface area contributed by atoms with Crippen LogP contribution in [0, 0.1) is 11.8 Å². The number of hydrogen-bond donors (Lipinski definition) is 0. The van der Waals surface area contributed by atoms with Crippen molar-refractivity contribution in [2.24, 2.45) is 11.8 Å². The Balaban J connectivity index is 0.908. The van der Waals surface area contributed by atoms with Crippen LogP contribution in [0.5, 0.6) is 0 Å². The molecular weight excluding hydrogens is 631 g/mol. The Labute approximate surface area is 303 Å². The standard InChI is InChI=1S/C49H37N3/c1-49(2)43-28-33(20-23-37(43)38-24-21-34(29-44(38)49)52-45-13-7-5-10-39(45)40-11-6-8-14-46(40)52)31-17-15-30(16-18-31)32-19-22-36-35-9-3-4-12-41(35)47-48(42(36)27-32)51-26-25-50-47/h3-17,19-29,31,37,43H,18H2,1-2H3. The fourth-order valence-corrected chi connectivity index (χ4v) is 9.71. The first-order valence-corrected chi connectivity index (χ1v) is 18.5. The summed E-state index contributed by atoms with van der Waals surface area (Å²) in [5.74, 6) is 1.18. The maximum atomic E-state index is 4.80. The number of para-hydroxylation sites is 2. The third kappa shape index (κ3) is 4.20. The van der Waals surface area contributed by atoms with Crippen LogP contribution in [0.4, 0.5) is 0 Å². The van der Waals surface area contributed by atoms with Crippen molar-refractivity contribution in [3.05, 3.63) is 180 Å². The minimum absolute atomic E-state index is 0.00505. The van der Waals surface area contributed by atoms with Crippen molar-refractivity contribution in [1.29, 1.82) is 0 Å². The number of allylic oxidation sites excluding steroid dienone is 8. The molecule has 2 heterocycles. The fraction of sp³-hybridized carbons (Fsp3) is 0.143. The Kier molecular flexibility index (Phi) is 6.25. The Morgan fingerprint density at radius 2 is 1.31 bits per heavy atom. The van der Waals surface area contributed by atoms with E-state index in [1.54, 1.807) is 12.4 Å². The monoisotopic (exact) mass is 667 g/mol. The average molecular weight is 668 g/mol. The number of nitrogens with zero attached hydrogens (tertiary/aromatic N) is 3. The summed E-state index contributed by atoms with van der Waals surface area (Å²) in [6.45, 7) is 4.90. The average Bonchev–Trinajstić information content (AvgIpc) is 3.66. The molecule has 0 bridgehead atoms. The summed E-state index contributed by atoms with van der Waals surface area (Å²) < 4.78 is 2.45. The van der Waals surface area contributed by atoms with Gasteiger partial charge in [0.2, 0.25) is 0 Å². The van der Waals surface area contributed by atoms with Gasteiger partial charge >= 0.3 is 0 Å². The Morgan fingerprint density at radius 3 is 2.04 bits per heavy atom. The van der Waals surface area contributed by atoms with Crippen LogP contribution >= 0.6 is 0 Å². The summed E-state index contributed by atoms with van der Waals surface area (Å²) in [7, 11) is 0. The molecule has 3 heteroatoms. The van der Waals surface area contributed by atoms with E-state index in [0.29, 0.717) is 17.8 Å². The van der Waals surface area contributed by atoms with Crippen LogP contribution in [0.1, 0.15) is 42.9 Å². The predicted molar refractivity (Wildman–Crippen MR) is 217 cm³/mol. The van der Waals surface area contributed by atoms with Gasteiger partial charge in [0.25, 0.3) is 0 Å². The Hall–Kier alpha value is -6.06. The van der Waals surface area contributed by atoms with Crippen LogP contribution in [0.3, 0.4) is 0 Å². The maximum absolute atomic E-state index is 4.80. The molecule has 0 N–H and O–H groups in total. The van der Waals surface area contributed by atoms with Gasteiger partial charge in [-0.25, -0.2) is 0 Å². The molecule has 0 aliphatic heterocycles. The van der Waals surface area contributed by atoms with Crippen molar-refractivity contribution in [3.8, 4) is 5.69 Å². The van der Waals surface area contributed by atoms with Gasteiger partial charge in [-0.05, 0) is 86.7 Å². The molecule has 3 unspecified atom stereocenters. The molecule has 11 rings (SSSR count). The third-order valence-electron chi connectivity index (χ3n) is 12.3. The molecule has 2 aromatic heterocycles. The van der Waals surface area contributed by atoms with E-state index in [1.165, 1.54) is 66.1 Å². The predicted octanol–water partition coefficient (Wildman–Crippen LogP) is 12.2. The van der Waals surface area contributed by atoms with Gasteiger partial charge in [0.15, 0.2) is 0 Å². The van der Waals surface area contributed by atoms with Crippen LogP contribution in [0.15, 0.2) is 164 Å².